The number of carbonyl (C=O) groups excluding carboxylic acids is 7. The first-order chi connectivity index (χ1) is 34.0. The van der Waals surface area contributed by atoms with E-state index < -0.39 is 65.1 Å². The van der Waals surface area contributed by atoms with E-state index in [-0.39, 0.29) is 86.3 Å². The second-order valence-electron chi connectivity index (χ2n) is 22.0. The quantitative estimate of drug-likeness (QED) is 0.0978. The van der Waals surface area contributed by atoms with Crippen LogP contribution in [0.5, 0.6) is 0 Å². The van der Waals surface area contributed by atoms with Gasteiger partial charge in [0.2, 0.25) is 41.4 Å². The van der Waals surface area contributed by atoms with E-state index in [2.05, 4.69) is 53.6 Å². The Kier molecular flexibility index (Phi) is 18.0. The van der Waals surface area contributed by atoms with Gasteiger partial charge >= 0.3 is 0 Å². The van der Waals surface area contributed by atoms with E-state index >= 15 is 0 Å². The second-order valence-corrected chi connectivity index (χ2v) is 22.0. The van der Waals surface area contributed by atoms with Crippen molar-refractivity contribution in [2.24, 2.45) is 10.8 Å². The van der Waals surface area contributed by atoms with Crippen LogP contribution in [0, 0.1) is 10.8 Å². The van der Waals surface area contributed by atoms with Gasteiger partial charge in [0.15, 0.2) is 0 Å². The van der Waals surface area contributed by atoms with E-state index in [0.717, 1.165) is 30.4 Å². The molecule has 2 fully saturated rings. The molecule has 0 saturated carbocycles. The highest BCUT2D eigenvalue weighted by Gasteiger charge is 2.48. The van der Waals surface area contributed by atoms with Gasteiger partial charge in [0.1, 0.15) is 24.2 Å². The van der Waals surface area contributed by atoms with Gasteiger partial charge in [-0.15, -0.1) is 5.10 Å². The Hall–Kier alpha value is -6.21. The van der Waals surface area contributed by atoms with Crippen LogP contribution >= 0.6 is 0 Å². The highest BCUT2D eigenvalue weighted by Crippen LogP contribution is 2.34. The molecule has 3 aliphatic rings. The summed E-state index contributed by atoms with van der Waals surface area (Å²) < 4.78 is 1.65. The number of amides is 7. The summed E-state index contributed by atoms with van der Waals surface area (Å²) in [5.74, 6) is -2.46. The summed E-state index contributed by atoms with van der Waals surface area (Å²) in [6, 6.07) is 11.2. The van der Waals surface area contributed by atoms with Gasteiger partial charge in [0, 0.05) is 44.6 Å². The summed E-state index contributed by atoms with van der Waals surface area (Å²) in [5.41, 5.74) is 2.27. The minimum atomic E-state index is -0.961. The smallest absolute Gasteiger partial charge is 0.246 e. The SMILES string of the molecule is CN[C@@H](C)C(=O)NC(C(=O)N1C[C@H](NC(=O)CCc2cn([C@H]3C[C@@H](C(=O)N[C@@H]4CCCc5ccccc54)N(C(=O)[C@@H](NC(=O)[C@H](C)NC)C(C)(C)C)C3)nn2)CC1C(=O)N[C@H](C)c1ccccc1)C(C)(C)C. The molecule has 19 heteroatoms. The Labute approximate surface area is 424 Å². The Morgan fingerprint density at radius 1 is 0.694 bits per heavy atom. The zero-order valence-electron chi connectivity index (χ0n) is 44.0. The van der Waals surface area contributed by atoms with Gasteiger partial charge in [-0.2, -0.15) is 0 Å². The molecule has 3 heterocycles. The number of benzene rings is 2. The second kappa shape index (κ2) is 23.6. The summed E-state index contributed by atoms with van der Waals surface area (Å²) in [6.07, 6.45) is 4.99. The lowest BCUT2D eigenvalue weighted by molar-refractivity contribution is -0.144. The average molecular weight is 995 g/mol. The fraction of sp³-hybridized carbons (Fsp3) is 0.604. The number of nitrogens with one attached hydrogen (secondary N) is 7. The first-order valence-corrected chi connectivity index (χ1v) is 25.5. The van der Waals surface area contributed by atoms with Crippen molar-refractivity contribution in [1.82, 2.24) is 62.0 Å². The third-order valence-corrected chi connectivity index (χ3v) is 14.5. The topological polar surface area (TPSA) is 241 Å². The van der Waals surface area contributed by atoms with Crippen LogP contribution in [-0.4, -0.2) is 136 Å². The Morgan fingerprint density at radius 2 is 1.26 bits per heavy atom. The molecule has 3 aromatic rings. The van der Waals surface area contributed by atoms with Gasteiger partial charge in [0.25, 0.3) is 0 Å². The molecule has 6 rings (SSSR count). The van der Waals surface area contributed by atoms with Gasteiger partial charge in [-0.1, -0.05) is 101 Å². The number of aryl methyl sites for hydroxylation is 2. The van der Waals surface area contributed by atoms with Gasteiger partial charge in [-0.25, -0.2) is 4.68 Å². The molecule has 7 amide bonds. The van der Waals surface area contributed by atoms with Gasteiger partial charge in [-0.3, -0.25) is 33.6 Å². The maximum Gasteiger partial charge on any atom is 0.246 e. The van der Waals surface area contributed by atoms with Crippen LogP contribution in [0.2, 0.25) is 0 Å². The molecule has 392 valence electrons. The molecule has 72 heavy (non-hydrogen) atoms. The summed E-state index contributed by atoms with van der Waals surface area (Å²) in [6.45, 7) is 16.7. The fourth-order valence-electron chi connectivity index (χ4n) is 9.81. The highest BCUT2D eigenvalue weighted by atomic mass is 16.2. The van der Waals surface area contributed by atoms with Crippen LogP contribution in [0.15, 0.2) is 60.8 Å². The molecule has 0 radical (unpaired) electrons. The third-order valence-electron chi connectivity index (χ3n) is 14.5. The van der Waals surface area contributed by atoms with E-state index in [0.29, 0.717) is 5.69 Å². The van der Waals surface area contributed by atoms with Gasteiger partial charge in [-0.05, 0) is 88.1 Å². The highest BCUT2D eigenvalue weighted by molar-refractivity contribution is 5.95. The third kappa shape index (κ3) is 13.4. The minimum Gasteiger partial charge on any atom is -0.351 e. The predicted octanol–water partition coefficient (Wildman–Crippen LogP) is 2.79. The molecule has 2 saturated heterocycles. The first kappa shape index (κ1) is 55.1. The lowest BCUT2D eigenvalue weighted by atomic mass is 9.85. The van der Waals surface area contributed by atoms with E-state index in [1.807, 2.05) is 97.0 Å². The summed E-state index contributed by atoms with van der Waals surface area (Å²) in [7, 11) is 3.33. The zero-order chi connectivity index (χ0) is 52.7. The summed E-state index contributed by atoms with van der Waals surface area (Å²) >= 11 is 0. The Balaban J connectivity index is 1.16. The molecule has 19 nitrogen and oxygen atoms in total. The Morgan fingerprint density at radius 3 is 1.86 bits per heavy atom. The fourth-order valence-corrected chi connectivity index (χ4v) is 9.81. The normalized spacial score (nSPS) is 22.1. The molecule has 7 N–H and O–H groups in total. The Bertz CT molecular complexity index is 2410. The number of carbonyl (C=O) groups is 7. The van der Waals surface area contributed by atoms with Gasteiger partial charge < -0.3 is 47.0 Å². The predicted molar refractivity (Wildman–Crippen MR) is 273 cm³/mol. The average Bonchev–Trinajstić information content (AvgIpc) is 4.12. The maximum absolute atomic E-state index is 14.7. The molecular formula is C53H78N12O7. The lowest BCUT2D eigenvalue weighted by Gasteiger charge is -2.36. The van der Waals surface area contributed by atoms with Crippen molar-refractivity contribution in [3.05, 3.63) is 83.2 Å². The molecule has 1 aromatic heterocycles. The van der Waals surface area contributed by atoms with Crippen LogP contribution < -0.4 is 37.2 Å². The van der Waals surface area contributed by atoms with Crippen LogP contribution in [0.1, 0.15) is 135 Å². The number of likely N-dealkylation sites (tertiary alicyclic amines) is 2. The molecule has 0 spiro atoms. The van der Waals surface area contributed by atoms with E-state index in [4.69, 9.17) is 0 Å². The number of fused-ring (bicyclic) bond motifs is 1. The number of nitrogens with zero attached hydrogens (tertiary/aromatic N) is 5. The van der Waals surface area contributed by atoms with Crippen LogP contribution in [0.4, 0.5) is 0 Å². The van der Waals surface area contributed by atoms with Crippen molar-refractivity contribution in [2.45, 2.75) is 168 Å². The van der Waals surface area contributed by atoms with Crippen LogP contribution in [-0.2, 0) is 46.4 Å². The molecular weight excluding hydrogens is 917 g/mol. The summed E-state index contributed by atoms with van der Waals surface area (Å²) in [5, 5.41) is 29.9. The maximum atomic E-state index is 14.7. The van der Waals surface area contributed by atoms with Crippen molar-refractivity contribution in [1.29, 1.82) is 0 Å². The first-order valence-electron chi connectivity index (χ1n) is 25.5. The molecule has 2 aliphatic heterocycles. The zero-order valence-corrected chi connectivity index (χ0v) is 44.0. The molecule has 1 aliphatic carbocycles. The van der Waals surface area contributed by atoms with Crippen LogP contribution in [0.3, 0.4) is 0 Å². The van der Waals surface area contributed by atoms with Crippen molar-refractivity contribution < 1.29 is 33.6 Å². The molecule has 2 unspecified atom stereocenters. The van der Waals surface area contributed by atoms with Crippen molar-refractivity contribution in [3.63, 3.8) is 0 Å². The van der Waals surface area contributed by atoms with Crippen LogP contribution in [0.25, 0.3) is 0 Å². The van der Waals surface area contributed by atoms with Crippen molar-refractivity contribution in [2.75, 3.05) is 27.2 Å². The number of hydrogen-bond acceptors (Lipinski definition) is 11. The van der Waals surface area contributed by atoms with E-state index in [1.54, 1.807) is 43.7 Å². The monoisotopic (exact) mass is 995 g/mol. The molecule has 2 aromatic carbocycles. The van der Waals surface area contributed by atoms with E-state index in [1.165, 1.54) is 10.5 Å². The number of rotatable bonds is 18. The molecule has 0 bridgehead atoms. The summed E-state index contributed by atoms with van der Waals surface area (Å²) in [4.78, 5) is 101. The van der Waals surface area contributed by atoms with Crippen molar-refractivity contribution in [3.8, 4) is 0 Å². The standard InChI is InChI=1S/C53H78N12O7/c1-31(34-18-13-12-14-19-34)56-48(69)41-26-37(28-63(41)50(71)44(52(4,5)6)59-46(67)32(2)54-10)57-43(66)25-24-36-29-65(62-61-36)38-27-42(49(70)58-40-23-17-21-35-20-15-16-22-39(35)40)64(30-38)51(72)45(53(7,8)9)60-47(68)33(3)55-11/h12-16,18-20,22,29,31-33,37-38,40-42,44-45,54-55H,17,21,23-28,30H2,1-11H3,(H,56,69)(H,57,66)(H,58,70)(H,59,67)(H,60,68)/t31-,32+,33+,37-,38+,40-,41?,42+,44?,45-/m1/s1. The number of aromatic nitrogens is 3. The molecule has 10 atom stereocenters. The number of hydrogen-bond donors (Lipinski definition) is 7. The van der Waals surface area contributed by atoms with E-state index in [9.17, 15) is 33.6 Å². The lowest BCUT2D eigenvalue weighted by Crippen LogP contribution is -2.59. The largest absolute Gasteiger partial charge is 0.351 e. The minimum absolute atomic E-state index is 0.0226. The van der Waals surface area contributed by atoms with Crippen molar-refractivity contribution >= 4 is 41.4 Å². The number of likely N-dealkylation sites (N-methyl/N-ethyl adjacent to an activating group) is 2. The van der Waals surface area contributed by atoms with Gasteiger partial charge in [0.05, 0.1) is 35.9 Å².